The molecule has 7 heteroatoms. The third kappa shape index (κ3) is 4.92. The summed E-state index contributed by atoms with van der Waals surface area (Å²) in [6.45, 7) is 1.76. The Morgan fingerprint density at radius 3 is 2.61 bits per heavy atom. The van der Waals surface area contributed by atoms with E-state index in [4.69, 9.17) is 26.2 Å². The van der Waals surface area contributed by atoms with Crippen molar-refractivity contribution < 1.29 is 14.3 Å². The van der Waals surface area contributed by atoms with Crippen molar-refractivity contribution in [3.63, 3.8) is 0 Å². The van der Waals surface area contributed by atoms with Gasteiger partial charge in [-0.1, -0.05) is 54.1 Å². The van der Waals surface area contributed by atoms with Crippen molar-refractivity contribution in [2.75, 3.05) is 13.2 Å². The average molecular weight is 466 g/mol. The van der Waals surface area contributed by atoms with Gasteiger partial charge in [0.2, 0.25) is 11.8 Å². The van der Waals surface area contributed by atoms with Crippen LogP contribution in [-0.2, 0) is 23.1 Å². The summed E-state index contributed by atoms with van der Waals surface area (Å²) in [5, 5.41) is 5.31. The maximum atomic E-state index is 13.3. The standard InChI is InChI=1S/C26H28ClN3O3/c1-29-26(33-23-12-6-5-11-22(23)27)21(24(28-29)18-8-3-2-4-9-18)17-30(25(31)19-13-14-19)16-20-10-7-15-32-20/h2-6,8-9,11-12,19-20H,7,10,13-17H2,1H3. The van der Waals surface area contributed by atoms with E-state index in [0.29, 0.717) is 29.7 Å². The van der Waals surface area contributed by atoms with Crippen LogP contribution in [0, 0.1) is 5.92 Å². The normalized spacial score (nSPS) is 17.8. The van der Waals surface area contributed by atoms with Crippen molar-refractivity contribution in [3.05, 3.63) is 65.2 Å². The zero-order valence-electron chi connectivity index (χ0n) is 18.7. The number of hydrogen-bond donors (Lipinski definition) is 0. The quantitative estimate of drug-likeness (QED) is 0.444. The Bertz CT molecular complexity index is 1120. The number of carbonyl (C=O) groups excluding carboxylic acids is 1. The summed E-state index contributed by atoms with van der Waals surface area (Å²) in [7, 11) is 1.86. The fraction of sp³-hybridized carbons (Fsp3) is 0.385. The van der Waals surface area contributed by atoms with Crippen LogP contribution in [0.5, 0.6) is 11.6 Å². The summed E-state index contributed by atoms with van der Waals surface area (Å²) < 4.78 is 13.9. The van der Waals surface area contributed by atoms with Crippen molar-refractivity contribution in [2.24, 2.45) is 13.0 Å². The molecule has 2 fully saturated rings. The Morgan fingerprint density at radius 2 is 1.91 bits per heavy atom. The number of ether oxygens (including phenoxy) is 2. The van der Waals surface area contributed by atoms with Crippen LogP contribution in [0.15, 0.2) is 54.6 Å². The fourth-order valence-electron chi connectivity index (χ4n) is 4.33. The molecule has 1 aliphatic heterocycles. The predicted octanol–water partition coefficient (Wildman–Crippen LogP) is 5.45. The Balaban J connectivity index is 1.53. The van der Waals surface area contributed by atoms with E-state index < -0.39 is 0 Å². The van der Waals surface area contributed by atoms with E-state index in [1.54, 1.807) is 10.7 Å². The molecule has 0 N–H and O–H groups in total. The molecule has 1 saturated heterocycles. The lowest BCUT2D eigenvalue weighted by Crippen LogP contribution is -2.38. The zero-order chi connectivity index (χ0) is 22.8. The van der Waals surface area contributed by atoms with Crippen LogP contribution in [0.1, 0.15) is 31.2 Å². The number of para-hydroxylation sites is 1. The molecule has 172 valence electrons. The number of benzene rings is 2. The molecule has 3 aromatic rings. The highest BCUT2D eigenvalue weighted by Crippen LogP contribution is 2.38. The van der Waals surface area contributed by atoms with Crippen LogP contribution < -0.4 is 4.74 Å². The molecule has 0 spiro atoms. The Kier molecular flexibility index (Phi) is 6.38. The topological polar surface area (TPSA) is 56.6 Å². The second kappa shape index (κ2) is 9.57. The lowest BCUT2D eigenvalue weighted by atomic mass is 10.1. The van der Waals surface area contributed by atoms with Gasteiger partial charge >= 0.3 is 0 Å². The molecular weight excluding hydrogens is 438 g/mol. The first-order valence-electron chi connectivity index (χ1n) is 11.5. The van der Waals surface area contributed by atoms with Gasteiger partial charge in [0.15, 0.2) is 0 Å². The minimum Gasteiger partial charge on any atom is -0.437 e. The molecule has 1 aromatic heterocycles. The van der Waals surface area contributed by atoms with Gasteiger partial charge < -0.3 is 14.4 Å². The van der Waals surface area contributed by atoms with Crippen molar-refractivity contribution in [1.29, 1.82) is 0 Å². The average Bonchev–Trinajstić information content (AvgIpc) is 3.48. The highest BCUT2D eigenvalue weighted by Gasteiger charge is 2.36. The summed E-state index contributed by atoms with van der Waals surface area (Å²) in [5.74, 6) is 1.46. The van der Waals surface area contributed by atoms with Crippen LogP contribution in [-0.4, -0.2) is 39.8 Å². The molecule has 1 saturated carbocycles. The largest absolute Gasteiger partial charge is 0.437 e. The van der Waals surface area contributed by atoms with Crippen molar-refractivity contribution >= 4 is 17.5 Å². The van der Waals surface area contributed by atoms with Gasteiger partial charge in [0.05, 0.1) is 23.2 Å². The van der Waals surface area contributed by atoms with Gasteiger partial charge in [-0.05, 0) is 37.8 Å². The number of aryl methyl sites for hydroxylation is 1. The number of carbonyl (C=O) groups is 1. The van der Waals surface area contributed by atoms with Gasteiger partial charge in [-0.15, -0.1) is 0 Å². The molecule has 33 heavy (non-hydrogen) atoms. The fourth-order valence-corrected chi connectivity index (χ4v) is 4.50. The van der Waals surface area contributed by atoms with Crippen molar-refractivity contribution in [2.45, 2.75) is 38.3 Å². The maximum Gasteiger partial charge on any atom is 0.226 e. The van der Waals surface area contributed by atoms with Crippen LogP contribution in [0.3, 0.4) is 0 Å². The third-order valence-corrected chi connectivity index (χ3v) is 6.53. The third-order valence-electron chi connectivity index (χ3n) is 6.21. The number of rotatable bonds is 8. The van der Waals surface area contributed by atoms with Crippen LogP contribution in [0.4, 0.5) is 0 Å². The van der Waals surface area contributed by atoms with E-state index in [9.17, 15) is 4.79 Å². The van der Waals surface area contributed by atoms with E-state index in [1.807, 2.05) is 60.5 Å². The molecule has 1 unspecified atom stereocenters. The molecule has 6 nitrogen and oxygen atoms in total. The number of amides is 1. The molecule has 0 radical (unpaired) electrons. The number of nitrogens with zero attached hydrogens (tertiary/aromatic N) is 3. The Morgan fingerprint density at radius 1 is 1.15 bits per heavy atom. The molecule has 1 amide bonds. The molecule has 2 aromatic carbocycles. The van der Waals surface area contributed by atoms with Crippen molar-refractivity contribution in [3.8, 4) is 22.9 Å². The summed E-state index contributed by atoms with van der Waals surface area (Å²) in [6, 6.07) is 17.4. The SMILES string of the molecule is Cn1nc(-c2ccccc2)c(CN(CC2CCCO2)C(=O)C2CC2)c1Oc1ccccc1Cl. The second-order valence-corrected chi connectivity index (χ2v) is 9.19. The minimum atomic E-state index is 0.0810. The molecule has 1 aliphatic carbocycles. The van der Waals surface area contributed by atoms with Gasteiger partial charge in [0.25, 0.3) is 0 Å². The summed E-state index contributed by atoms with van der Waals surface area (Å²) in [4.78, 5) is 15.2. The first-order valence-corrected chi connectivity index (χ1v) is 11.9. The van der Waals surface area contributed by atoms with Crippen molar-refractivity contribution in [1.82, 2.24) is 14.7 Å². The maximum absolute atomic E-state index is 13.3. The minimum absolute atomic E-state index is 0.0810. The summed E-state index contributed by atoms with van der Waals surface area (Å²) >= 11 is 6.39. The number of aromatic nitrogens is 2. The van der Waals surface area contributed by atoms with Gasteiger partial charge in [0, 0.05) is 31.7 Å². The molecule has 0 bridgehead atoms. The van der Waals surface area contributed by atoms with E-state index in [0.717, 1.165) is 49.1 Å². The summed E-state index contributed by atoms with van der Waals surface area (Å²) in [5.41, 5.74) is 2.66. The summed E-state index contributed by atoms with van der Waals surface area (Å²) in [6.07, 6.45) is 4.03. The van der Waals surface area contributed by atoms with Gasteiger partial charge in [-0.3, -0.25) is 4.79 Å². The predicted molar refractivity (Wildman–Crippen MR) is 127 cm³/mol. The second-order valence-electron chi connectivity index (χ2n) is 8.78. The number of halogens is 1. The number of hydrogen-bond acceptors (Lipinski definition) is 4. The molecular formula is C26H28ClN3O3. The highest BCUT2D eigenvalue weighted by molar-refractivity contribution is 6.32. The van der Waals surface area contributed by atoms with Gasteiger partial charge in [-0.2, -0.15) is 5.10 Å². The van der Waals surface area contributed by atoms with Gasteiger partial charge in [0.1, 0.15) is 11.4 Å². The molecule has 2 heterocycles. The van der Waals surface area contributed by atoms with Crippen LogP contribution in [0.2, 0.25) is 5.02 Å². The zero-order valence-corrected chi connectivity index (χ0v) is 19.5. The van der Waals surface area contributed by atoms with Crippen LogP contribution >= 0.6 is 11.6 Å². The first-order chi connectivity index (χ1) is 16.1. The highest BCUT2D eigenvalue weighted by atomic mass is 35.5. The lowest BCUT2D eigenvalue weighted by molar-refractivity contribution is -0.134. The Labute approximate surface area is 199 Å². The first kappa shape index (κ1) is 22.0. The Hall–Kier alpha value is -2.83. The molecule has 2 aliphatic rings. The van der Waals surface area contributed by atoms with Crippen LogP contribution in [0.25, 0.3) is 11.3 Å². The molecule has 5 rings (SSSR count). The van der Waals surface area contributed by atoms with E-state index in [2.05, 4.69) is 0 Å². The monoisotopic (exact) mass is 465 g/mol. The molecule has 1 atom stereocenters. The van der Waals surface area contributed by atoms with Gasteiger partial charge in [-0.25, -0.2) is 4.68 Å². The van der Waals surface area contributed by atoms with E-state index in [1.165, 1.54) is 0 Å². The van der Waals surface area contributed by atoms with E-state index >= 15 is 0 Å². The smallest absolute Gasteiger partial charge is 0.226 e. The van der Waals surface area contributed by atoms with E-state index in [-0.39, 0.29) is 17.9 Å². The lowest BCUT2D eigenvalue weighted by Gasteiger charge is -2.26.